The van der Waals surface area contributed by atoms with Gasteiger partial charge >= 0.3 is 0 Å². The van der Waals surface area contributed by atoms with E-state index in [1.807, 2.05) is 24.3 Å². The monoisotopic (exact) mass is 267 g/mol. The average molecular weight is 267 g/mol. The molecule has 0 fully saturated rings. The molecule has 0 bridgehead atoms. The van der Waals surface area contributed by atoms with Crippen molar-refractivity contribution in [1.82, 2.24) is 4.90 Å². The minimum Gasteiger partial charge on any atom is -0.492 e. The average Bonchev–Trinajstić information content (AvgIpc) is 2.36. The highest BCUT2D eigenvalue weighted by molar-refractivity contribution is 7.80. The van der Waals surface area contributed by atoms with Gasteiger partial charge in [-0.25, -0.2) is 0 Å². The molecule has 100 valence electrons. The predicted octanol–water partition coefficient (Wildman–Crippen LogP) is 2.06. The van der Waals surface area contributed by atoms with E-state index >= 15 is 0 Å². The number of benzene rings is 1. The molecule has 4 nitrogen and oxygen atoms in total. The normalized spacial score (nSPS) is 10.4. The Balaban J connectivity index is 2.37. The van der Waals surface area contributed by atoms with Crippen LogP contribution in [0.1, 0.15) is 13.8 Å². The van der Waals surface area contributed by atoms with Crippen LogP contribution in [0.3, 0.4) is 0 Å². The lowest BCUT2D eigenvalue weighted by molar-refractivity contribution is 0.223. The van der Waals surface area contributed by atoms with Crippen LogP contribution in [0.25, 0.3) is 0 Å². The smallest absolute Gasteiger partial charge is 0.168 e. The van der Waals surface area contributed by atoms with Crippen molar-refractivity contribution in [2.45, 2.75) is 13.8 Å². The molecule has 0 unspecified atom stereocenters. The van der Waals surface area contributed by atoms with Crippen molar-refractivity contribution in [2.75, 3.05) is 31.6 Å². The van der Waals surface area contributed by atoms with E-state index in [2.05, 4.69) is 24.1 Å². The van der Waals surface area contributed by atoms with Crippen molar-refractivity contribution in [3.05, 3.63) is 24.3 Å². The molecule has 1 aromatic carbocycles. The SMILES string of the molecule is CCN(CC)CCOc1ccc(NC(N)=S)cc1. The van der Waals surface area contributed by atoms with Gasteiger partial charge in [-0.05, 0) is 49.6 Å². The summed E-state index contributed by atoms with van der Waals surface area (Å²) >= 11 is 4.77. The number of ether oxygens (including phenoxy) is 1. The van der Waals surface area contributed by atoms with Gasteiger partial charge in [0.1, 0.15) is 12.4 Å². The summed E-state index contributed by atoms with van der Waals surface area (Å²) < 4.78 is 5.67. The number of likely N-dealkylation sites (N-methyl/N-ethyl adjacent to an activating group) is 1. The Labute approximate surface area is 114 Å². The summed E-state index contributed by atoms with van der Waals surface area (Å²) in [5.41, 5.74) is 6.26. The molecule has 0 radical (unpaired) electrons. The van der Waals surface area contributed by atoms with Gasteiger partial charge in [0, 0.05) is 12.2 Å². The minimum atomic E-state index is 0.269. The van der Waals surface area contributed by atoms with Gasteiger partial charge in [0.2, 0.25) is 0 Å². The van der Waals surface area contributed by atoms with E-state index in [4.69, 9.17) is 22.7 Å². The lowest BCUT2D eigenvalue weighted by Crippen LogP contribution is -2.27. The predicted molar refractivity (Wildman–Crippen MR) is 80.1 cm³/mol. The van der Waals surface area contributed by atoms with E-state index in [1.54, 1.807) is 0 Å². The molecule has 5 heteroatoms. The third kappa shape index (κ3) is 5.33. The molecule has 0 atom stereocenters. The first-order valence-corrected chi connectivity index (χ1v) is 6.58. The summed E-state index contributed by atoms with van der Waals surface area (Å²) in [4.78, 5) is 2.32. The fourth-order valence-electron chi connectivity index (χ4n) is 1.61. The zero-order chi connectivity index (χ0) is 13.4. The van der Waals surface area contributed by atoms with Crippen molar-refractivity contribution < 1.29 is 4.74 Å². The highest BCUT2D eigenvalue weighted by Gasteiger charge is 2.00. The number of hydrogen-bond donors (Lipinski definition) is 2. The molecular formula is C13H21N3OS. The molecule has 3 N–H and O–H groups in total. The molecule has 0 amide bonds. The number of thiocarbonyl (C=S) groups is 1. The third-order valence-corrected chi connectivity index (χ3v) is 2.79. The Morgan fingerprint density at radius 3 is 2.39 bits per heavy atom. The Morgan fingerprint density at radius 2 is 1.89 bits per heavy atom. The summed E-state index contributed by atoms with van der Waals surface area (Å²) in [6.45, 7) is 8.05. The quantitative estimate of drug-likeness (QED) is 0.741. The third-order valence-electron chi connectivity index (χ3n) is 2.69. The van der Waals surface area contributed by atoms with Crippen molar-refractivity contribution in [2.24, 2.45) is 5.73 Å². The van der Waals surface area contributed by atoms with Crippen LogP contribution >= 0.6 is 12.2 Å². The zero-order valence-electron chi connectivity index (χ0n) is 11.0. The number of nitrogens with zero attached hydrogens (tertiary/aromatic N) is 1. The van der Waals surface area contributed by atoms with E-state index in [-0.39, 0.29) is 5.11 Å². The number of nitrogens with one attached hydrogen (secondary N) is 1. The molecule has 0 spiro atoms. The summed E-state index contributed by atoms with van der Waals surface area (Å²) in [5.74, 6) is 0.857. The van der Waals surface area contributed by atoms with E-state index in [9.17, 15) is 0 Å². The van der Waals surface area contributed by atoms with Crippen LogP contribution in [0.4, 0.5) is 5.69 Å². The molecule has 0 heterocycles. The van der Waals surface area contributed by atoms with Gasteiger partial charge in [-0.3, -0.25) is 0 Å². The first kappa shape index (κ1) is 14.7. The van der Waals surface area contributed by atoms with Gasteiger partial charge < -0.3 is 20.7 Å². The maximum Gasteiger partial charge on any atom is 0.168 e. The zero-order valence-corrected chi connectivity index (χ0v) is 11.8. The standard InChI is InChI=1S/C13H21N3OS/c1-3-16(4-2)9-10-17-12-7-5-11(6-8-12)15-13(14)18/h5-8H,3-4,9-10H2,1-2H3,(H3,14,15,18). The van der Waals surface area contributed by atoms with Gasteiger partial charge in [-0.1, -0.05) is 13.8 Å². The minimum absolute atomic E-state index is 0.269. The summed E-state index contributed by atoms with van der Waals surface area (Å²) in [7, 11) is 0. The second-order valence-corrected chi connectivity index (χ2v) is 4.33. The fraction of sp³-hybridized carbons (Fsp3) is 0.462. The molecule has 18 heavy (non-hydrogen) atoms. The summed E-state index contributed by atoms with van der Waals surface area (Å²) in [5, 5.41) is 3.14. The van der Waals surface area contributed by atoms with Gasteiger partial charge in [0.15, 0.2) is 5.11 Å². The van der Waals surface area contributed by atoms with Crippen molar-refractivity contribution in [1.29, 1.82) is 0 Å². The summed E-state index contributed by atoms with van der Waals surface area (Å²) in [6, 6.07) is 7.60. The maximum absolute atomic E-state index is 5.67. The van der Waals surface area contributed by atoms with Crippen LogP contribution in [0.5, 0.6) is 5.75 Å². The van der Waals surface area contributed by atoms with E-state index < -0.39 is 0 Å². The van der Waals surface area contributed by atoms with Crippen LogP contribution in [-0.2, 0) is 0 Å². The number of rotatable bonds is 7. The Hall–Kier alpha value is -1.33. The number of hydrogen-bond acceptors (Lipinski definition) is 3. The van der Waals surface area contributed by atoms with Crippen molar-refractivity contribution in [3.63, 3.8) is 0 Å². The van der Waals surface area contributed by atoms with Crippen LogP contribution in [0, 0.1) is 0 Å². The molecule has 0 aliphatic heterocycles. The van der Waals surface area contributed by atoms with Crippen LogP contribution in [0.2, 0.25) is 0 Å². The lowest BCUT2D eigenvalue weighted by atomic mass is 10.3. The largest absolute Gasteiger partial charge is 0.492 e. The van der Waals surface area contributed by atoms with Gasteiger partial charge in [0.25, 0.3) is 0 Å². The van der Waals surface area contributed by atoms with Crippen molar-refractivity contribution >= 4 is 23.0 Å². The molecule has 1 aromatic rings. The molecule has 0 aliphatic rings. The van der Waals surface area contributed by atoms with E-state index in [1.165, 1.54) is 0 Å². The van der Waals surface area contributed by atoms with Gasteiger partial charge in [-0.15, -0.1) is 0 Å². The van der Waals surface area contributed by atoms with Crippen molar-refractivity contribution in [3.8, 4) is 5.75 Å². The summed E-state index contributed by atoms with van der Waals surface area (Å²) in [6.07, 6.45) is 0. The first-order valence-electron chi connectivity index (χ1n) is 6.17. The maximum atomic E-state index is 5.67. The Kier molecular flexibility index (Phi) is 6.46. The fourth-order valence-corrected chi connectivity index (χ4v) is 1.73. The Morgan fingerprint density at radius 1 is 1.28 bits per heavy atom. The van der Waals surface area contributed by atoms with Gasteiger partial charge in [-0.2, -0.15) is 0 Å². The van der Waals surface area contributed by atoms with Crippen LogP contribution < -0.4 is 15.8 Å². The topological polar surface area (TPSA) is 50.5 Å². The molecule has 0 saturated carbocycles. The second-order valence-electron chi connectivity index (χ2n) is 3.89. The van der Waals surface area contributed by atoms with E-state index in [0.717, 1.165) is 31.1 Å². The molecule has 0 aliphatic carbocycles. The number of anilines is 1. The highest BCUT2D eigenvalue weighted by Crippen LogP contribution is 2.15. The molecule has 1 rings (SSSR count). The molecular weight excluding hydrogens is 246 g/mol. The highest BCUT2D eigenvalue weighted by atomic mass is 32.1. The Bertz CT molecular complexity index is 363. The van der Waals surface area contributed by atoms with Crippen LogP contribution in [-0.4, -0.2) is 36.3 Å². The van der Waals surface area contributed by atoms with Crippen LogP contribution in [0.15, 0.2) is 24.3 Å². The van der Waals surface area contributed by atoms with Gasteiger partial charge in [0.05, 0.1) is 0 Å². The molecule has 0 saturated heterocycles. The lowest BCUT2D eigenvalue weighted by Gasteiger charge is -2.18. The van der Waals surface area contributed by atoms with E-state index in [0.29, 0.717) is 6.61 Å². The molecule has 0 aromatic heterocycles. The number of nitrogens with two attached hydrogens (primary N) is 1. The first-order chi connectivity index (χ1) is 8.65. The second kappa shape index (κ2) is 7.89.